The second-order valence-electron chi connectivity index (χ2n) is 10.8. The third-order valence-corrected chi connectivity index (χ3v) is 6.43. The van der Waals surface area contributed by atoms with Gasteiger partial charge in [-0.3, -0.25) is 14.4 Å². The summed E-state index contributed by atoms with van der Waals surface area (Å²) in [6.45, 7) is 4.94. The van der Waals surface area contributed by atoms with Crippen molar-refractivity contribution in [2.45, 2.75) is 46.6 Å². The molecule has 3 aromatic rings. The Labute approximate surface area is 224 Å². The Balaban J connectivity index is 1.99. The van der Waals surface area contributed by atoms with Crippen LogP contribution in [-0.2, 0) is 43.3 Å². The molecular weight excluding hydrogens is 480 g/mol. The average molecular weight is 517 g/mol. The van der Waals surface area contributed by atoms with E-state index in [-0.39, 0.29) is 32.5 Å². The van der Waals surface area contributed by atoms with Crippen LogP contribution in [-0.4, -0.2) is 29.6 Å². The lowest BCUT2D eigenvalue weighted by atomic mass is 9.73. The smallest absolute Gasteiger partial charge is 0.316 e. The first-order valence-corrected chi connectivity index (χ1v) is 12.8. The predicted molar refractivity (Wildman–Crippen MR) is 145 cm³/mol. The van der Waals surface area contributed by atoms with Crippen LogP contribution in [0.2, 0.25) is 0 Å². The van der Waals surface area contributed by atoms with E-state index in [0.29, 0.717) is 0 Å². The third kappa shape index (κ3) is 8.30. The van der Waals surface area contributed by atoms with Gasteiger partial charge < -0.3 is 14.6 Å². The lowest BCUT2D eigenvalue weighted by Gasteiger charge is -2.34. The molecule has 3 aromatic carbocycles. The molecule has 0 aromatic heterocycles. The van der Waals surface area contributed by atoms with Gasteiger partial charge in [0.25, 0.3) is 0 Å². The number of esters is 2. The van der Waals surface area contributed by atoms with E-state index in [1.165, 1.54) is 0 Å². The molecule has 0 heterocycles. The second kappa shape index (κ2) is 13.0. The van der Waals surface area contributed by atoms with Gasteiger partial charge in [0, 0.05) is 0 Å². The van der Waals surface area contributed by atoms with Crippen LogP contribution < -0.4 is 0 Å². The van der Waals surface area contributed by atoms with Crippen LogP contribution in [0.1, 0.15) is 43.9 Å². The molecule has 0 bridgehead atoms. The van der Waals surface area contributed by atoms with Gasteiger partial charge in [-0.2, -0.15) is 0 Å². The van der Waals surface area contributed by atoms with Gasteiger partial charge >= 0.3 is 17.9 Å². The SMILES string of the molecule is CC(C)(C)C(=O)OCC(Cc1ccccc1)(CC(Cc1ccccc1)C(=O)O)C(=O)OCc1ccccc1. The molecule has 0 saturated heterocycles. The van der Waals surface area contributed by atoms with Crippen molar-refractivity contribution in [3.8, 4) is 0 Å². The topological polar surface area (TPSA) is 89.9 Å². The van der Waals surface area contributed by atoms with Crippen LogP contribution >= 0.6 is 0 Å². The first kappa shape index (κ1) is 28.6. The van der Waals surface area contributed by atoms with Crippen molar-refractivity contribution in [1.82, 2.24) is 0 Å². The van der Waals surface area contributed by atoms with Gasteiger partial charge in [-0.25, -0.2) is 0 Å². The van der Waals surface area contributed by atoms with Gasteiger partial charge in [-0.1, -0.05) is 91.0 Å². The molecule has 200 valence electrons. The molecule has 0 fully saturated rings. The average Bonchev–Trinajstić information content (AvgIpc) is 2.91. The van der Waals surface area contributed by atoms with Gasteiger partial charge in [0.1, 0.15) is 18.6 Å². The first-order valence-electron chi connectivity index (χ1n) is 12.8. The Morgan fingerprint density at radius 3 is 1.71 bits per heavy atom. The van der Waals surface area contributed by atoms with E-state index in [0.717, 1.165) is 16.7 Å². The van der Waals surface area contributed by atoms with Gasteiger partial charge in [0.2, 0.25) is 0 Å². The zero-order valence-electron chi connectivity index (χ0n) is 22.3. The van der Waals surface area contributed by atoms with Crippen LogP contribution in [0, 0.1) is 16.7 Å². The number of hydrogen-bond donors (Lipinski definition) is 1. The van der Waals surface area contributed by atoms with E-state index in [9.17, 15) is 19.5 Å². The zero-order valence-corrected chi connectivity index (χ0v) is 22.3. The zero-order chi connectivity index (χ0) is 27.6. The van der Waals surface area contributed by atoms with E-state index in [2.05, 4.69) is 0 Å². The molecule has 0 saturated carbocycles. The largest absolute Gasteiger partial charge is 0.481 e. The Kier molecular flexibility index (Phi) is 9.83. The summed E-state index contributed by atoms with van der Waals surface area (Å²) in [6, 6.07) is 27.9. The lowest BCUT2D eigenvalue weighted by Crippen LogP contribution is -2.44. The fourth-order valence-electron chi connectivity index (χ4n) is 4.30. The van der Waals surface area contributed by atoms with Crippen molar-refractivity contribution < 1.29 is 29.0 Å². The van der Waals surface area contributed by atoms with Crippen LogP contribution in [0.5, 0.6) is 0 Å². The highest BCUT2D eigenvalue weighted by atomic mass is 16.6. The summed E-state index contributed by atoms with van der Waals surface area (Å²) in [5.74, 6) is -2.99. The van der Waals surface area contributed by atoms with Crippen molar-refractivity contribution in [1.29, 1.82) is 0 Å². The number of carbonyl (C=O) groups is 3. The summed E-state index contributed by atoms with van der Waals surface area (Å²) in [6.07, 6.45) is 0.334. The highest BCUT2D eigenvalue weighted by molar-refractivity contribution is 5.81. The van der Waals surface area contributed by atoms with Crippen molar-refractivity contribution in [2.24, 2.45) is 16.7 Å². The number of ether oxygens (including phenoxy) is 2. The van der Waals surface area contributed by atoms with Crippen LogP contribution in [0.3, 0.4) is 0 Å². The number of carbonyl (C=O) groups excluding carboxylic acids is 2. The quantitative estimate of drug-likeness (QED) is 0.302. The number of hydrogen-bond acceptors (Lipinski definition) is 5. The maximum absolute atomic E-state index is 13.9. The maximum atomic E-state index is 13.9. The molecule has 6 heteroatoms. The van der Waals surface area contributed by atoms with E-state index in [4.69, 9.17) is 9.47 Å². The number of carboxylic acids is 1. The van der Waals surface area contributed by atoms with Crippen LogP contribution in [0.4, 0.5) is 0 Å². The monoisotopic (exact) mass is 516 g/mol. The number of rotatable bonds is 12. The Morgan fingerprint density at radius 1 is 0.711 bits per heavy atom. The number of benzene rings is 3. The van der Waals surface area contributed by atoms with E-state index < -0.39 is 34.7 Å². The molecule has 0 aliphatic carbocycles. The normalized spacial score (nSPS) is 13.7. The van der Waals surface area contributed by atoms with Crippen LogP contribution in [0.25, 0.3) is 0 Å². The first-order chi connectivity index (χ1) is 18.1. The van der Waals surface area contributed by atoms with Crippen LogP contribution in [0.15, 0.2) is 91.0 Å². The Morgan fingerprint density at radius 2 is 1.21 bits per heavy atom. The Hall–Kier alpha value is -3.93. The molecule has 2 unspecified atom stereocenters. The minimum atomic E-state index is -1.41. The number of aliphatic carboxylic acids is 1. The van der Waals surface area contributed by atoms with E-state index in [1.807, 2.05) is 91.0 Å². The standard InChI is InChI=1S/C32H36O6/c1-31(2,3)29(35)38-23-32(20-25-15-9-5-10-16-25,30(36)37-22-26-17-11-6-12-18-26)21-27(28(33)34)19-24-13-7-4-8-14-24/h4-18,27H,19-23H2,1-3H3,(H,33,34). The predicted octanol–water partition coefficient (Wildman–Crippen LogP) is 5.88. The molecule has 0 amide bonds. The summed E-state index contributed by atoms with van der Waals surface area (Å²) < 4.78 is 11.5. The maximum Gasteiger partial charge on any atom is 0.316 e. The molecule has 6 nitrogen and oxygen atoms in total. The van der Waals surface area contributed by atoms with Gasteiger partial charge in [0.15, 0.2) is 0 Å². The highest BCUT2D eigenvalue weighted by Crippen LogP contribution is 2.36. The second-order valence-corrected chi connectivity index (χ2v) is 10.8. The van der Waals surface area contributed by atoms with E-state index in [1.54, 1.807) is 20.8 Å². The highest BCUT2D eigenvalue weighted by Gasteiger charge is 2.45. The molecule has 0 aliphatic rings. The van der Waals surface area contributed by atoms with Gasteiger partial charge in [-0.05, 0) is 56.7 Å². The van der Waals surface area contributed by atoms with E-state index >= 15 is 0 Å². The summed E-state index contributed by atoms with van der Waals surface area (Å²) in [5, 5.41) is 10.2. The molecule has 1 N–H and O–H groups in total. The molecule has 0 spiro atoms. The Bertz CT molecular complexity index is 1180. The van der Waals surface area contributed by atoms with Crippen molar-refractivity contribution in [3.05, 3.63) is 108 Å². The van der Waals surface area contributed by atoms with Gasteiger partial charge in [-0.15, -0.1) is 0 Å². The lowest BCUT2D eigenvalue weighted by molar-refractivity contribution is -0.171. The third-order valence-electron chi connectivity index (χ3n) is 6.43. The summed E-state index contributed by atoms with van der Waals surface area (Å²) in [5.41, 5.74) is 0.273. The summed E-state index contributed by atoms with van der Waals surface area (Å²) in [4.78, 5) is 39.2. The molecule has 2 atom stereocenters. The number of carboxylic acid groups (broad SMARTS) is 1. The van der Waals surface area contributed by atoms with Crippen molar-refractivity contribution >= 4 is 17.9 Å². The van der Waals surface area contributed by atoms with Crippen molar-refractivity contribution in [3.63, 3.8) is 0 Å². The molecule has 3 rings (SSSR count). The van der Waals surface area contributed by atoms with Crippen molar-refractivity contribution in [2.75, 3.05) is 6.61 Å². The minimum Gasteiger partial charge on any atom is -0.481 e. The minimum absolute atomic E-state index is 0.0276. The fourth-order valence-corrected chi connectivity index (χ4v) is 4.30. The van der Waals surface area contributed by atoms with Gasteiger partial charge in [0.05, 0.1) is 11.3 Å². The molecule has 0 radical (unpaired) electrons. The fraction of sp³-hybridized carbons (Fsp3) is 0.344. The summed E-state index contributed by atoms with van der Waals surface area (Å²) >= 11 is 0. The summed E-state index contributed by atoms with van der Waals surface area (Å²) in [7, 11) is 0. The molecular formula is C32H36O6. The molecule has 0 aliphatic heterocycles. The molecule has 38 heavy (non-hydrogen) atoms.